The average molecular weight is 305 g/mol. The Morgan fingerprint density at radius 1 is 1.17 bits per heavy atom. The summed E-state index contributed by atoms with van der Waals surface area (Å²) >= 11 is 3.47. The fourth-order valence-electron chi connectivity index (χ4n) is 1.92. The van der Waals surface area contributed by atoms with E-state index in [-0.39, 0.29) is 6.04 Å². The van der Waals surface area contributed by atoms with Gasteiger partial charge in [-0.25, -0.2) is 0 Å². The SMILES string of the molecule is CCCNC(c1ccc(Br)cc1)c1cccnc1. The van der Waals surface area contributed by atoms with Crippen molar-refractivity contribution in [2.45, 2.75) is 19.4 Å². The molecule has 1 N–H and O–H groups in total. The van der Waals surface area contributed by atoms with Gasteiger partial charge in [-0.05, 0) is 42.3 Å². The van der Waals surface area contributed by atoms with Crippen molar-refractivity contribution in [2.75, 3.05) is 6.54 Å². The molecule has 0 spiro atoms. The Morgan fingerprint density at radius 2 is 1.94 bits per heavy atom. The molecule has 2 nitrogen and oxygen atoms in total. The van der Waals surface area contributed by atoms with Gasteiger partial charge in [0.1, 0.15) is 0 Å². The summed E-state index contributed by atoms with van der Waals surface area (Å²) in [6, 6.07) is 12.7. The van der Waals surface area contributed by atoms with Gasteiger partial charge >= 0.3 is 0 Å². The molecule has 0 aliphatic heterocycles. The summed E-state index contributed by atoms with van der Waals surface area (Å²) in [5.41, 5.74) is 2.47. The van der Waals surface area contributed by atoms with Crippen LogP contribution in [0.15, 0.2) is 53.3 Å². The highest BCUT2D eigenvalue weighted by Crippen LogP contribution is 2.23. The zero-order valence-corrected chi connectivity index (χ0v) is 12.0. The van der Waals surface area contributed by atoms with Gasteiger partial charge in [0.15, 0.2) is 0 Å². The standard InChI is InChI=1S/C15H17BrN2/c1-2-9-18-15(13-4-3-10-17-11-13)12-5-7-14(16)8-6-12/h3-8,10-11,15,18H,2,9H2,1H3. The van der Waals surface area contributed by atoms with E-state index >= 15 is 0 Å². The highest BCUT2D eigenvalue weighted by atomic mass is 79.9. The summed E-state index contributed by atoms with van der Waals surface area (Å²) in [5, 5.41) is 3.57. The zero-order chi connectivity index (χ0) is 12.8. The Morgan fingerprint density at radius 3 is 2.56 bits per heavy atom. The molecule has 1 aromatic carbocycles. The molecule has 18 heavy (non-hydrogen) atoms. The molecule has 94 valence electrons. The number of rotatable bonds is 5. The summed E-state index contributed by atoms with van der Waals surface area (Å²) in [6.07, 6.45) is 4.85. The predicted molar refractivity (Wildman–Crippen MR) is 78.5 cm³/mol. The van der Waals surface area contributed by atoms with Gasteiger partial charge in [-0.15, -0.1) is 0 Å². The molecule has 3 heteroatoms. The first-order valence-corrected chi connectivity index (χ1v) is 6.99. The summed E-state index contributed by atoms with van der Waals surface area (Å²) in [7, 11) is 0. The minimum Gasteiger partial charge on any atom is -0.306 e. The van der Waals surface area contributed by atoms with Crippen LogP contribution in [-0.4, -0.2) is 11.5 Å². The van der Waals surface area contributed by atoms with Gasteiger partial charge in [0.05, 0.1) is 6.04 Å². The van der Waals surface area contributed by atoms with E-state index < -0.39 is 0 Å². The minimum atomic E-state index is 0.215. The van der Waals surface area contributed by atoms with Gasteiger partial charge in [-0.3, -0.25) is 4.98 Å². The van der Waals surface area contributed by atoms with Crippen LogP contribution < -0.4 is 5.32 Å². The molecule has 0 amide bonds. The highest BCUT2D eigenvalue weighted by molar-refractivity contribution is 9.10. The first kappa shape index (κ1) is 13.2. The quantitative estimate of drug-likeness (QED) is 0.905. The van der Waals surface area contributed by atoms with Crippen molar-refractivity contribution in [3.63, 3.8) is 0 Å². The fraction of sp³-hybridized carbons (Fsp3) is 0.267. The third kappa shape index (κ3) is 3.40. The summed E-state index contributed by atoms with van der Waals surface area (Å²) in [5.74, 6) is 0. The van der Waals surface area contributed by atoms with Crippen molar-refractivity contribution in [2.24, 2.45) is 0 Å². The third-order valence-corrected chi connectivity index (χ3v) is 3.35. The van der Waals surface area contributed by atoms with Crippen LogP contribution in [0.4, 0.5) is 0 Å². The maximum Gasteiger partial charge on any atom is 0.0591 e. The van der Waals surface area contributed by atoms with Crippen LogP contribution in [0.25, 0.3) is 0 Å². The molecular weight excluding hydrogens is 288 g/mol. The van der Waals surface area contributed by atoms with Crippen molar-refractivity contribution >= 4 is 15.9 Å². The van der Waals surface area contributed by atoms with E-state index in [0.29, 0.717) is 0 Å². The molecule has 0 fully saturated rings. The van der Waals surface area contributed by atoms with E-state index in [4.69, 9.17) is 0 Å². The molecule has 0 saturated heterocycles. The van der Waals surface area contributed by atoms with E-state index in [1.807, 2.05) is 18.5 Å². The average Bonchev–Trinajstić information content (AvgIpc) is 2.42. The zero-order valence-electron chi connectivity index (χ0n) is 10.4. The largest absolute Gasteiger partial charge is 0.306 e. The van der Waals surface area contributed by atoms with Crippen molar-refractivity contribution in [3.8, 4) is 0 Å². The van der Waals surface area contributed by atoms with Gasteiger partial charge in [0.25, 0.3) is 0 Å². The van der Waals surface area contributed by atoms with E-state index in [2.05, 4.69) is 63.5 Å². The third-order valence-electron chi connectivity index (χ3n) is 2.82. The Balaban J connectivity index is 2.27. The lowest BCUT2D eigenvalue weighted by atomic mass is 10.0. The lowest BCUT2D eigenvalue weighted by molar-refractivity contribution is 0.597. The Kier molecular flexibility index (Phi) is 4.90. The monoisotopic (exact) mass is 304 g/mol. The maximum absolute atomic E-state index is 4.21. The first-order valence-electron chi connectivity index (χ1n) is 6.20. The fourth-order valence-corrected chi connectivity index (χ4v) is 2.18. The van der Waals surface area contributed by atoms with E-state index in [9.17, 15) is 0 Å². The van der Waals surface area contributed by atoms with Crippen LogP contribution in [0.2, 0.25) is 0 Å². The van der Waals surface area contributed by atoms with E-state index in [1.54, 1.807) is 0 Å². The number of nitrogens with zero attached hydrogens (tertiary/aromatic N) is 1. The summed E-state index contributed by atoms with van der Waals surface area (Å²) in [6.45, 7) is 3.17. The molecule has 0 aliphatic rings. The molecule has 0 radical (unpaired) electrons. The molecule has 0 bridgehead atoms. The molecular formula is C15H17BrN2. The van der Waals surface area contributed by atoms with Gasteiger partial charge in [0.2, 0.25) is 0 Å². The normalized spacial score (nSPS) is 12.3. The molecule has 1 aromatic heterocycles. The Bertz CT molecular complexity index is 468. The second kappa shape index (κ2) is 6.66. The van der Waals surface area contributed by atoms with Crippen LogP contribution >= 0.6 is 15.9 Å². The molecule has 0 saturated carbocycles. The lowest BCUT2D eigenvalue weighted by Gasteiger charge is -2.19. The summed E-state index contributed by atoms with van der Waals surface area (Å²) < 4.78 is 1.10. The van der Waals surface area contributed by atoms with Crippen LogP contribution in [0.5, 0.6) is 0 Å². The smallest absolute Gasteiger partial charge is 0.0591 e. The number of aromatic nitrogens is 1. The number of pyridine rings is 1. The topological polar surface area (TPSA) is 24.9 Å². The number of hydrogen-bond donors (Lipinski definition) is 1. The first-order chi connectivity index (χ1) is 8.81. The van der Waals surface area contributed by atoms with Crippen molar-refractivity contribution < 1.29 is 0 Å². The van der Waals surface area contributed by atoms with Crippen LogP contribution in [0, 0.1) is 0 Å². The van der Waals surface area contributed by atoms with Crippen molar-refractivity contribution in [3.05, 3.63) is 64.4 Å². The Labute approximate surface area is 117 Å². The second-order valence-corrected chi connectivity index (χ2v) is 5.14. The van der Waals surface area contributed by atoms with Crippen molar-refractivity contribution in [1.29, 1.82) is 0 Å². The van der Waals surface area contributed by atoms with Gasteiger partial charge in [-0.2, -0.15) is 0 Å². The number of hydrogen-bond acceptors (Lipinski definition) is 2. The van der Waals surface area contributed by atoms with E-state index in [0.717, 1.165) is 17.4 Å². The van der Waals surface area contributed by atoms with Crippen molar-refractivity contribution in [1.82, 2.24) is 10.3 Å². The minimum absolute atomic E-state index is 0.215. The van der Waals surface area contributed by atoms with Crippen LogP contribution in [-0.2, 0) is 0 Å². The van der Waals surface area contributed by atoms with Gasteiger partial charge < -0.3 is 5.32 Å². The Hall–Kier alpha value is -1.19. The highest BCUT2D eigenvalue weighted by Gasteiger charge is 2.12. The van der Waals surface area contributed by atoms with Crippen LogP contribution in [0.1, 0.15) is 30.5 Å². The molecule has 1 atom stereocenters. The number of nitrogens with one attached hydrogen (secondary N) is 1. The number of benzene rings is 1. The number of halogens is 1. The second-order valence-electron chi connectivity index (χ2n) is 4.23. The molecule has 1 heterocycles. The molecule has 1 unspecified atom stereocenters. The lowest BCUT2D eigenvalue weighted by Crippen LogP contribution is -2.23. The van der Waals surface area contributed by atoms with Crippen LogP contribution in [0.3, 0.4) is 0 Å². The summed E-state index contributed by atoms with van der Waals surface area (Å²) in [4.78, 5) is 4.21. The molecule has 2 aromatic rings. The molecule has 2 rings (SSSR count). The van der Waals surface area contributed by atoms with Gasteiger partial charge in [0, 0.05) is 16.9 Å². The molecule has 0 aliphatic carbocycles. The van der Waals surface area contributed by atoms with Gasteiger partial charge in [-0.1, -0.05) is 41.1 Å². The van der Waals surface area contributed by atoms with E-state index in [1.165, 1.54) is 11.1 Å². The maximum atomic E-state index is 4.21. The predicted octanol–water partition coefficient (Wildman–Crippen LogP) is 3.93.